The Balaban J connectivity index is 2.68. The van der Waals surface area contributed by atoms with Crippen molar-refractivity contribution in [1.82, 2.24) is 4.98 Å². The number of rotatable bonds is 5. The lowest BCUT2D eigenvalue weighted by Crippen LogP contribution is -1.99. The first-order valence-corrected chi connectivity index (χ1v) is 7.82. The number of unbranched alkanes of at least 4 members (excludes halogenated alkanes) is 2. The Bertz CT molecular complexity index is 762. The van der Waals surface area contributed by atoms with E-state index in [-0.39, 0.29) is 0 Å². The molecule has 0 fully saturated rings. The van der Waals surface area contributed by atoms with Crippen molar-refractivity contribution in [2.24, 2.45) is 0 Å². The first-order chi connectivity index (χ1) is 11.2. The number of benzene rings is 1. The van der Waals surface area contributed by atoms with E-state index in [4.69, 9.17) is 25.8 Å². The monoisotopic (exact) mass is 333 g/mol. The molecular formula is C18H20ClNO3. The lowest BCUT2D eigenvalue weighted by atomic mass is 10.1. The van der Waals surface area contributed by atoms with Crippen LogP contribution in [0, 0.1) is 11.8 Å². The molecule has 0 amide bonds. The number of halogens is 1. The number of pyridine rings is 1. The van der Waals surface area contributed by atoms with E-state index in [0.717, 1.165) is 24.6 Å². The maximum atomic E-state index is 6.36. The highest BCUT2D eigenvalue weighted by Gasteiger charge is 2.18. The van der Waals surface area contributed by atoms with Gasteiger partial charge in [0.1, 0.15) is 27.6 Å². The van der Waals surface area contributed by atoms with E-state index in [1.54, 1.807) is 27.4 Å². The minimum absolute atomic E-state index is 0.397. The minimum atomic E-state index is 0.397. The number of methoxy groups -OCH3 is 3. The molecule has 0 bridgehead atoms. The van der Waals surface area contributed by atoms with Gasteiger partial charge in [0, 0.05) is 11.8 Å². The van der Waals surface area contributed by atoms with Crippen molar-refractivity contribution in [2.75, 3.05) is 21.3 Å². The summed E-state index contributed by atoms with van der Waals surface area (Å²) in [6, 6.07) is 3.65. The van der Waals surface area contributed by atoms with E-state index in [1.165, 1.54) is 0 Å². The predicted octanol–water partition coefficient (Wildman–Crippen LogP) is 4.46. The summed E-state index contributed by atoms with van der Waals surface area (Å²) in [7, 11) is 4.72. The second-order valence-electron chi connectivity index (χ2n) is 4.91. The molecular weight excluding hydrogens is 314 g/mol. The first-order valence-electron chi connectivity index (χ1n) is 7.44. The lowest BCUT2D eigenvalue weighted by Gasteiger charge is -2.13. The van der Waals surface area contributed by atoms with Crippen LogP contribution in [0.1, 0.15) is 31.7 Å². The Hall–Kier alpha value is -2.12. The Morgan fingerprint density at radius 1 is 1.13 bits per heavy atom. The lowest BCUT2D eigenvalue weighted by molar-refractivity contribution is 0.384. The fraction of sp³-hybridized carbons (Fsp3) is 0.389. The second-order valence-corrected chi connectivity index (χ2v) is 5.29. The van der Waals surface area contributed by atoms with E-state index < -0.39 is 0 Å². The van der Waals surface area contributed by atoms with Crippen LogP contribution in [-0.4, -0.2) is 26.3 Å². The maximum Gasteiger partial charge on any atom is 0.233 e. The summed E-state index contributed by atoms with van der Waals surface area (Å²) < 4.78 is 16.2. The van der Waals surface area contributed by atoms with Crippen LogP contribution in [0.3, 0.4) is 0 Å². The van der Waals surface area contributed by atoms with Crippen molar-refractivity contribution in [1.29, 1.82) is 0 Å². The third kappa shape index (κ3) is 3.46. The number of aromatic nitrogens is 1. The number of ether oxygens (including phenoxy) is 3. The van der Waals surface area contributed by atoms with Gasteiger partial charge in [0.05, 0.1) is 21.3 Å². The third-order valence-corrected chi connectivity index (χ3v) is 3.83. The van der Waals surface area contributed by atoms with Crippen LogP contribution >= 0.6 is 11.6 Å². The molecule has 0 aliphatic heterocycles. The molecule has 0 aliphatic rings. The quantitative estimate of drug-likeness (QED) is 0.598. The zero-order chi connectivity index (χ0) is 16.8. The summed E-state index contributed by atoms with van der Waals surface area (Å²) in [5.74, 6) is 7.83. The summed E-state index contributed by atoms with van der Waals surface area (Å²) in [5.41, 5.74) is 1.21. The fourth-order valence-electron chi connectivity index (χ4n) is 2.27. The van der Waals surface area contributed by atoms with E-state index in [1.807, 2.05) is 6.07 Å². The highest BCUT2D eigenvalue weighted by atomic mass is 35.5. The molecule has 5 heteroatoms. The van der Waals surface area contributed by atoms with Crippen LogP contribution in [0.4, 0.5) is 0 Å². The standard InChI is InChI=1S/C18H20ClNO3/c1-5-6-7-8-9-13-17(22-3)12-10-11-14(21-2)15(19)16(12)20-18(13)23-4/h10-11H,5-7H2,1-4H3. The molecule has 1 aromatic heterocycles. The molecule has 0 spiro atoms. The smallest absolute Gasteiger partial charge is 0.233 e. The van der Waals surface area contributed by atoms with E-state index >= 15 is 0 Å². The molecule has 0 N–H and O–H groups in total. The van der Waals surface area contributed by atoms with Gasteiger partial charge < -0.3 is 14.2 Å². The average Bonchev–Trinajstić information content (AvgIpc) is 2.58. The fourth-order valence-corrected chi connectivity index (χ4v) is 2.56. The van der Waals surface area contributed by atoms with Gasteiger partial charge in [-0.15, -0.1) is 0 Å². The SMILES string of the molecule is CCCCC#Cc1c(OC)nc2c(Cl)c(OC)ccc2c1OC. The zero-order valence-corrected chi connectivity index (χ0v) is 14.6. The number of fused-ring (bicyclic) bond motifs is 1. The molecule has 0 unspecified atom stereocenters. The molecule has 0 radical (unpaired) electrons. The Kier molecular flexibility index (Phi) is 5.95. The molecule has 0 atom stereocenters. The van der Waals surface area contributed by atoms with Gasteiger partial charge in [-0.25, -0.2) is 4.98 Å². The highest BCUT2D eigenvalue weighted by molar-refractivity contribution is 6.36. The van der Waals surface area contributed by atoms with Crippen LogP contribution in [0.5, 0.6) is 17.4 Å². The summed E-state index contributed by atoms with van der Waals surface area (Å²) in [6.07, 6.45) is 2.99. The molecule has 23 heavy (non-hydrogen) atoms. The van der Waals surface area contributed by atoms with Gasteiger partial charge >= 0.3 is 0 Å². The van der Waals surface area contributed by atoms with Crippen LogP contribution in [0.15, 0.2) is 12.1 Å². The Labute approximate surface area is 141 Å². The van der Waals surface area contributed by atoms with Gasteiger partial charge in [0.2, 0.25) is 5.88 Å². The van der Waals surface area contributed by atoms with Crippen LogP contribution < -0.4 is 14.2 Å². The van der Waals surface area contributed by atoms with Crippen molar-refractivity contribution in [3.8, 4) is 29.2 Å². The number of nitrogens with zero attached hydrogens (tertiary/aromatic N) is 1. The molecule has 4 nitrogen and oxygen atoms in total. The van der Waals surface area contributed by atoms with Crippen molar-refractivity contribution in [3.05, 3.63) is 22.7 Å². The van der Waals surface area contributed by atoms with Gasteiger partial charge in [-0.05, 0) is 18.6 Å². The molecule has 1 aromatic carbocycles. The summed E-state index contributed by atoms with van der Waals surface area (Å²) in [6.45, 7) is 2.13. The van der Waals surface area contributed by atoms with Gasteiger partial charge in [0.15, 0.2) is 0 Å². The van der Waals surface area contributed by atoms with Gasteiger partial charge in [-0.3, -0.25) is 0 Å². The molecule has 0 saturated heterocycles. The largest absolute Gasteiger partial charge is 0.495 e. The molecule has 122 valence electrons. The average molecular weight is 334 g/mol. The van der Waals surface area contributed by atoms with Gasteiger partial charge in [-0.2, -0.15) is 0 Å². The van der Waals surface area contributed by atoms with E-state index in [0.29, 0.717) is 33.5 Å². The van der Waals surface area contributed by atoms with Crippen molar-refractivity contribution in [3.63, 3.8) is 0 Å². The molecule has 0 aliphatic carbocycles. The number of hydrogen-bond donors (Lipinski definition) is 0. The van der Waals surface area contributed by atoms with Crippen molar-refractivity contribution < 1.29 is 14.2 Å². The summed E-state index contributed by atoms with van der Waals surface area (Å²) in [4.78, 5) is 4.49. The third-order valence-electron chi connectivity index (χ3n) is 3.47. The van der Waals surface area contributed by atoms with Crippen molar-refractivity contribution >= 4 is 22.5 Å². The predicted molar refractivity (Wildman–Crippen MR) is 92.8 cm³/mol. The van der Waals surface area contributed by atoms with Crippen LogP contribution in [0.25, 0.3) is 10.9 Å². The Morgan fingerprint density at radius 3 is 2.52 bits per heavy atom. The zero-order valence-electron chi connectivity index (χ0n) is 13.8. The minimum Gasteiger partial charge on any atom is -0.495 e. The highest BCUT2D eigenvalue weighted by Crippen LogP contribution is 2.40. The maximum absolute atomic E-state index is 6.36. The molecule has 0 saturated carbocycles. The summed E-state index contributed by atoms with van der Waals surface area (Å²) >= 11 is 6.36. The molecule has 2 aromatic rings. The van der Waals surface area contributed by atoms with Gasteiger partial charge in [0.25, 0.3) is 0 Å². The van der Waals surface area contributed by atoms with Gasteiger partial charge in [-0.1, -0.05) is 36.8 Å². The normalized spacial score (nSPS) is 10.1. The molecule has 2 rings (SSSR count). The molecule has 1 heterocycles. The van der Waals surface area contributed by atoms with E-state index in [9.17, 15) is 0 Å². The van der Waals surface area contributed by atoms with Crippen LogP contribution in [0.2, 0.25) is 5.02 Å². The first kappa shape index (κ1) is 17.2. The van der Waals surface area contributed by atoms with Crippen LogP contribution in [-0.2, 0) is 0 Å². The Morgan fingerprint density at radius 2 is 1.91 bits per heavy atom. The topological polar surface area (TPSA) is 40.6 Å². The van der Waals surface area contributed by atoms with E-state index in [2.05, 4.69) is 23.7 Å². The second kappa shape index (κ2) is 7.94. The van der Waals surface area contributed by atoms with Crippen molar-refractivity contribution in [2.45, 2.75) is 26.2 Å². The summed E-state index contributed by atoms with van der Waals surface area (Å²) in [5, 5.41) is 1.20. The number of hydrogen-bond acceptors (Lipinski definition) is 4.